The van der Waals surface area contributed by atoms with Crippen LogP contribution >= 0.6 is 15.9 Å². The molecule has 0 radical (unpaired) electrons. The topological polar surface area (TPSA) is 68.3 Å². The number of nitrogens with zero attached hydrogens (tertiary/aromatic N) is 1. The number of methoxy groups -OCH3 is 1. The van der Waals surface area contributed by atoms with Crippen LogP contribution in [0.3, 0.4) is 0 Å². The molecule has 2 rings (SSSR count). The van der Waals surface area contributed by atoms with E-state index in [-0.39, 0.29) is 11.9 Å². The minimum atomic E-state index is -0.896. The average Bonchev–Trinajstić information content (AvgIpc) is 2.47. The van der Waals surface area contributed by atoms with Gasteiger partial charge in [-0.1, -0.05) is 19.3 Å². The summed E-state index contributed by atoms with van der Waals surface area (Å²) >= 11 is 3.28. The first kappa shape index (κ1) is 15.0. The van der Waals surface area contributed by atoms with Crippen molar-refractivity contribution in [1.82, 2.24) is 10.3 Å². The van der Waals surface area contributed by atoms with E-state index >= 15 is 0 Å². The zero-order valence-electron chi connectivity index (χ0n) is 11.3. The van der Waals surface area contributed by atoms with Gasteiger partial charge in [-0.15, -0.1) is 0 Å². The molecule has 0 unspecified atom stereocenters. The van der Waals surface area contributed by atoms with E-state index in [4.69, 9.17) is 4.74 Å². The van der Waals surface area contributed by atoms with Crippen molar-refractivity contribution in [3.8, 4) is 0 Å². The third-order valence-corrected chi connectivity index (χ3v) is 4.04. The van der Waals surface area contributed by atoms with Crippen molar-refractivity contribution in [2.75, 3.05) is 7.11 Å². The zero-order chi connectivity index (χ0) is 14.6. The fourth-order valence-electron chi connectivity index (χ4n) is 2.56. The SMILES string of the molecule is COC(=O)C1(NC(=O)c2cncc(Br)c2)CCCCC1. The molecule has 1 aliphatic rings. The lowest BCUT2D eigenvalue weighted by Crippen LogP contribution is -2.56. The summed E-state index contributed by atoms with van der Waals surface area (Å²) in [7, 11) is 1.35. The maximum Gasteiger partial charge on any atom is 0.331 e. The normalized spacial score (nSPS) is 17.3. The molecule has 1 aromatic rings. The van der Waals surface area contributed by atoms with E-state index in [1.54, 1.807) is 12.3 Å². The van der Waals surface area contributed by atoms with Gasteiger partial charge in [0.15, 0.2) is 0 Å². The van der Waals surface area contributed by atoms with E-state index in [1.165, 1.54) is 13.3 Å². The minimum absolute atomic E-state index is 0.300. The Balaban J connectivity index is 2.19. The lowest BCUT2D eigenvalue weighted by Gasteiger charge is -2.35. The quantitative estimate of drug-likeness (QED) is 0.858. The number of nitrogens with one attached hydrogen (secondary N) is 1. The molecule has 1 saturated carbocycles. The van der Waals surface area contributed by atoms with Gasteiger partial charge in [0, 0.05) is 16.9 Å². The second-order valence-electron chi connectivity index (χ2n) is 4.98. The van der Waals surface area contributed by atoms with Crippen molar-refractivity contribution in [3.05, 3.63) is 28.5 Å². The predicted octanol–water partition coefficient (Wildman–Crippen LogP) is 2.45. The van der Waals surface area contributed by atoms with Crippen molar-refractivity contribution in [2.45, 2.75) is 37.6 Å². The van der Waals surface area contributed by atoms with Crippen molar-refractivity contribution < 1.29 is 14.3 Å². The highest BCUT2D eigenvalue weighted by molar-refractivity contribution is 9.10. The Bertz CT molecular complexity index is 513. The lowest BCUT2D eigenvalue weighted by molar-refractivity contribution is -0.149. The molecule has 1 N–H and O–H groups in total. The third kappa shape index (κ3) is 3.17. The molecule has 6 heteroatoms. The van der Waals surface area contributed by atoms with Gasteiger partial charge < -0.3 is 10.1 Å². The highest BCUT2D eigenvalue weighted by Gasteiger charge is 2.42. The molecule has 0 atom stereocenters. The summed E-state index contributed by atoms with van der Waals surface area (Å²) in [6.07, 6.45) is 7.21. The number of pyridine rings is 1. The highest BCUT2D eigenvalue weighted by Crippen LogP contribution is 2.29. The average molecular weight is 341 g/mol. The Labute approximate surface area is 126 Å². The molecule has 0 saturated heterocycles. The van der Waals surface area contributed by atoms with E-state index in [0.717, 1.165) is 23.7 Å². The number of aromatic nitrogens is 1. The van der Waals surface area contributed by atoms with E-state index in [9.17, 15) is 9.59 Å². The predicted molar refractivity (Wildman–Crippen MR) is 77.2 cm³/mol. The fraction of sp³-hybridized carbons (Fsp3) is 0.500. The van der Waals surface area contributed by atoms with Crippen LogP contribution in [0.4, 0.5) is 0 Å². The lowest BCUT2D eigenvalue weighted by atomic mass is 9.81. The van der Waals surface area contributed by atoms with E-state index in [0.29, 0.717) is 18.4 Å². The fourth-order valence-corrected chi connectivity index (χ4v) is 2.92. The highest BCUT2D eigenvalue weighted by atomic mass is 79.9. The van der Waals surface area contributed by atoms with Gasteiger partial charge in [0.2, 0.25) is 0 Å². The van der Waals surface area contributed by atoms with Crippen LogP contribution in [0.15, 0.2) is 22.9 Å². The van der Waals surface area contributed by atoms with Crippen LogP contribution in [0.5, 0.6) is 0 Å². The Hall–Kier alpha value is -1.43. The molecule has 5 nitrogen and oxygen atoms in total. The molecule has 1 aromatic heterocycles. The second kappa shape index (κ2) is 6.35. The molecular formula is C14H17BrN2O3. The summed E-state index contributed by atoms with van der Waals surface area (Å²) in [5.74, 6) is -0.667. The summed E-state index contributed by atoms with van der Waals surface area (Å²) in [5, 5.41) is 2.85. The molecule has 1 amide bonds. The molecule has 0 aliphatic heterocycles. The maximum atomic E-state index is 12.3. The maximum absolute atomic E-state index is 12.3. The number of carbonyl (C=O) groups excluding carboxylic acids is 2. The van der Waals surface area contributed by atoms with Crippen molar-refractivity contribution in [1.29, 1.82) is 0 Å². The van der Waals surface area contributed by atoms with Crippen molar-refractivity contribution in [2.24, 2.45) is 0 Å². The van der Waals surface area contributed by atoms with Gasteiger partial charge in [0.1, 0.15) is 5.54 Å². The van der Waals surface area contributed by atoms with Crippen molar-refractivity contribution in [3.63, 3.8) is 0 Å². The molecule has 0 bridgehead atoms. The van der Waals surface area contributed by atoms with Crippen molar-refractivity contribution >= 4 is 27.8 Å². The number of amides is 1. The van der Waals surface area contributed by atoms with Crippen LogP contribution in [0.2, 0.25) is 0 Å². The summed E-state index contributed by atoms with van der Waals surface area (Å²) in [5.41, 5.74) is -0.472. The van der Waals surface area contributed by atoms with Gasteiger partial charge in [0.05, 0.1) is 12.7 Å². The Morgan fingerprint density at radius 2 is 2.00 bits per heavy atom. The number of hydrogen-bond donors (Lipinski definition) is 1. The molecular weight excluding hydrogens is 324 g/mol. The summed E-state index contributed by atoms with van der Waals surface area (Å²) in [4.78, 5) is 28.3. The number of halogens is 1. The number of rotatable bonds is 3. The summed E-state index contributed by atoms with van der Waals surface area (Å²) in [6.45, 7) is 0. The summed E-state index contributed by atoms with van der Waals surface area (Å²) in [6, 6.07) is 1.68. The van der Waals surface area contributed by atoms with E-state index < -0.39 is 5.54 Å². The van der Waals surface area contributed by atoms with Gasteiger partial charge >= 0.3 is 5.97 Å². The molecule has 1 heterocycles. The number of hydrogen-bond acceptors (Lipinski definition) is 4. The van der Waals surface area contributed by atoms with E-state index in [1.807, 2.05) is 0 Å². The number of ether oxygens (including phenoxy) is 1. The Morgan fingerprint density at radius 3 is 2.60 bits per heavy atom. The minimum Gasteiger partial charge on any atom is -0.467 e. The molecule has 1 aliphatic carbocycles. The first-order valence-electron chi connectivity index (χ1n) is 6.59. The van der Waals surface area contributed by atoms with Crippen LogP contribution in [-0.2, 0) is 9.53 Å². The zero-order valence-corrected chi connectivity index (χ0v) is 12.9. The number of carbonyl (C=O) groups is 2. The number of esters is 1. The first-order chi connectivity index (χ1) is 9.57. The Kier molecular flexibility index (Phi) is 4.75. The van der Waals surface area contributed by atoms with Crippen LogP contribution < -0.4 is 5.32 Å². The molecule has 0 spiro atoms. The second-order valence-corrected chi connectivity index (χ2v) is 5.90. The van der Waals surface area contributed by atoms with Crippen LogP contribution in [0.1, 0.15) is 42.5 Å². The Morgan fingerprint density at radius 1 is 1.30 bits per heavy atom. The van der Waals surface area contributed by atoms with Gasteiger partial charge in [0.25, 0.3) is 5.91 Å². The van der Waals surface area contributed by atoms with Gasteiger partial charge in [-0.3, -0.25) is 9.78 Å². The summed E-state index contributed by atoms with van der Waals surface area (Å²) < 4.78 is 5.60. The van der Waals surface area contributed by atoms with E-state index in [2.05, 4.69) is 26.2 Å². The standard InChI is InChI=1S/C14H17BrN2O3/c1-20-13(19)14(5-3-2-4-6-14)17-12(18)10-7-11(15)9-16-8-10/h7-9H,2-6H2,1H3,(H,17,18). The molecule has 108 valence electrons. The largest absolute Gasteiger partial charge is 0.467 e. The molecule has 20 heavy (non-hydrogen) atoms. The monoisotopic (exact) mass is 340 g/mol. The van der Waals surface area contributed by atoms with Crippen LogP contribution in [0.25, 0.3) is 0 Å². The van der Waals surface area contributed by atoms with Gasteiger partial charge in [-0.25, -0.2) is 4.79 Å². The van der Waals surface area contributed by atoms with Crippen LogP contribution in [-0.4, -0.2) is 29.5 Å². The van der Waals surface area contributed by atoms with Crippen LogP contribution in [0, 0.1) is 0 Å². The molecule has 0 aromatic carbocycles. The van der Waals surface area contributed by atoms with Gasteiger partial charge in [-0.05, 0) is 34.8 Å². The molecule has 1 fully saturated rings. The smallest absolute Gasteiger partial charge is 0.331 e. The first-order valence-corrected chi connectivity index (χ1v) is 7.38. The third-order valence-electron chi connectivity index (χ3n) is 3.60. The van der Waals surface area contributed by atoms with Gasteiger partial charge in [-0.2, -0.15) is 0 Å².